The minimum atomic E-state index is -1.90. The highest BCUT2D eigenvalue weighted by Gasteiger charge is 2.44. The predicted octanol–water partition coefficient (Wildman–Crippen LogP) is 4.57. The molecule has 0 fully saturated rings. The Morgan fingerprint density at radius 1 is 1.20 bits per heavy atom. The molecule has 0 aromatic heterocycles. The fourth-order valence-electron chi connectivity index (χ4n) is 4.88. The zero-order valence-electron chi connectivity index (χ0n) is 19.5. The van der Waals surface area contributed by atoms with Crippen LogP contribution in [-0.2, 0) is 4.79 Å². The number of hydrogen-bond donors (Lipinski definition) is 2. The maximum absolute atomic E-state index is 15.6. The minimum Gasteiger partial charge on any atom is -0.493 e. The third kappa shape index (κ3) is 4.15. The van der Waals surface area contributed by atoms with Gasteiger partial charge in [-0.15, -0.1) is 0 Å². The summed E-state index contributed by atoms with van der Waals surface area (Å²) in [7, 11) is 0. The quantitative estimate of drug-likeness (QED) is 0.670. The largest absolute Gasteiger partial charge is 0.493 e. The highest BCUT2D eigenvalue weighted by molar-refractivity contribution is 6.14. The van der Waals surface area contributed by atoms with Crippen LogP contribution in [-0.4, -0.2) is 35.6 Å². The molecule has 3 heterocycles. The summed E-state index contributed by atoms with van der Waals surface area (Å²) >= 11 is 0. The molecule has 3 aliphatic heterocycles. The van der Waals surface area contributed by atoms with Crippen molar-refractivity contribution >= 4 is 17.8 Å². The molecule has 0 spiro atoms. The Hall–Kier alpha value is -3.75. The second-order valence-electron chi connectivity index (χ2n) is 9.27. The molecule has 5 rings (SSSR count). The number of halogens is 3. The number of amides is 1. The van der Waals surface area contributed by atoms with E-state index < -0.39 is 29.4 Å². The molecule has 0 radical (unpaired) electrons. The molecular formula is C26H25F3N4O2. The van der Waals surface area contributed by atoms with E-state index in [1.54, 1.807) is 6.92 Å². The van der Waals surface area contributed by atoms with Crippen LogP contribution in [0.4, 0.5) is 13.2 Å². The number of nitrogens with one attached hydrogen (secondary N) is 2. The Labute approximate surface area is 201 Å². The van der Waals surface area contributed by atoms with Gasteiger partial charge in [0, 0.05) is 34.9 Å². The summed E-state index contributed by atoms with van der Waals surface area (Å²) < 4.78 is 49.1. The fraction of sp³-hybridized carbons (Fsp3) is 0.308. The molecule has 0 bridgehead atoms. The number of para-hydroxylation sites is 1. The van der Waals surface area contributed by atoms with Crippen LogP contribution in [0.25, 0.3) is 5.70 Å². The first kappa shape index (κ1) is 23.0. The van der Waals surface area contributed by atoms with Crippen molar-refractivity contribution < 1.29 is 22.7 Å². The van der Waals surface area contributed by atoms with Gasteiger partial charge in [-0.2, -0.15) is 5.10 Å². The average Bonchev–Trinajstić information content (AvgIpc) is 3.12. The van der Waals surface area contributed by atoms with Crippen LogP contribution >= 0.6 is 0 Å². The third-order valence-corrected chi connectivity index (χ3v) is 6.34. The van der Waals surface area contributed by atoms with Gasteiger partial charge in [-0.1, -0.05) is 18.2 Å². The van der Waals surface area contributed by atoms with E-state index in [-0.39, 0.29) is 22.8 Å². The van der Waals surface area contributed by atoms with Crippen molar-refractivity contribution in [3.05, 3.63) is 82.1 Å². The maximum atomic E-state index is 15.6. The Bertz CT molecular complexity index is 1280. The number of hydrazone groups is 1. The standard InChI is InChI=1S/C26H25F3N4O2/c1-14-23(15-10-16(27)12-17(28)11-15)33-24(31-14)22(26(2,3)29)19(13-30-33)25(34)32-20-8-9-35-21-7-5-4-6-18(20)21/h4-7,10-13,20,24,31H,8-9H2,1-3H3,(H,32,34)/t20-,24?/m0/s1. The molecule has 2 aromatic carbocycles. The van der Waals surface area contributed by atoms with Crippen LogP contribution < -0.4 is 15.4 Å². The van der Waals surface area contributed by atoms with E-state index in [9.17, 15) is 13.6 Å². The number of ether oxygens (including phenoxy) is 1. The molecule has 0 saturated carbocycles. The Balaban J connectivity index is 1.49. The zero-order chi connectivity index (χ0) is 24.9. The predicted molar refractivity (Wildman–Crippen MR) is 126 cm³/mol. The summed E-state index contributed by atoms with van der Waals surface area (Å²) in [5.74, 6) is -1.22. The summed E-state index contributed by atoms with van der Waals surface area (Å²) in [4.78, 5) is 13.4. The minimum absolute atomic E-state index is 0.106. The van der Waals surface area contributed by atoms with Crippen LogP contribution in [0.2, 0.25) is 0 Å². The summed E-state index contributed by atoms with van der Waals surface area (Å²) in [5.41, 5.74) is 0.463. The first-order valence-electron chi connectivity index (χ1n) is 11.4. The van der Waals surface area contributed by atoms with Gasteiger partial charge < -0.3 is 15.4 Å². The molecule has 1 unspecified atom stereocenters. The summed E-state index contributed by atoms with van der Waals surface area (Å²) in [5, 5.41) is 12.0. The molecule has 1 amide bonds. The van der Waals surface area contributed by atoms with Crippen LogP contribution in [0.15, 0.2) is 64.4 Å². The smallest absolute Gasteiger partial charge is 0.253 e. The fourth-order valence-corrected chi connectivity index (χ4v) is 4.88. The first-order valence-corrected chi connectivity index (χ1v) is 11.4. The first-order chi connectivity index (χ1) is 16.6. The molecule has 182 valence electrons. The Morgan fingerprint density at radius 2 is 1.91 bits per heavy atom. The lowest BCUT2D eigenvalue weighted by atomic mass is 9.90. The van der Waals surface area contributed by atoms with E-state index in [4.69, 9.17) is 4.74 Å². The second-order valence-corrected chi connectivity index (χ2v) is 9.27. The van der Waals surface area contributed by atoms with Gasteiger partial charge in [-0.3, -0.25) is 4.79 Å². The van der Waals surface area contributed by atoms with Crippen molar-refractivity contribution in [3.8, 4) is 5.75 Å². The maximum Gasteiger partial charge on any atom is 0.253 e. The molecular weight excluding hydrogens is 457 g/mol. The normalized spacial score (nSPS) is 21.4. The monoisotopic (exact) mass is 482 g/mol. The molecule has 6 nitrogen and oxygen atoms in total. The van der Waals surface area contributed by atoms with Gasteiger partial charge in [-0.05, 0) is 39.0 Å². The molecule has 2 atom stereocenters. The molecule has 35 heavy (non-hydrogen) atoms. The number of allylic oxidation sites excluding steroid dienone is 1. The van der Waals surface area contributed by atoms with Crippen molar-refractivity contribution in [1.82, 2.24) is 15.6 Å². The van der Waals surface area contributed by atoms with E-state index in [2.05, 4.69) is 15.7 Å². The van der Waals surface area contributed by atoms with Gasteiger partial charge in [0.15, 0.2) is 0 Å². The molecule has 2 aromatic rings. The van der Waals surface area contributed by atoms with E-state index in [1.165, 1.54) is 37.2 Å². The van der Waals surface area contributed by atoms with Crippen LogP contribution in [0, 0.1) is 11.6 Å². The molecule has 2 N–H and O–H groups in total. The lowest BCUT2D eigenvalue weighted by Gasteiger charge is -2.35. The molecule has 0 saturated heterocycles. The molecule has 9 heteroatoms. The van der Waals surface area contributed by atoms with Crippen LogP contribution in [0.1, 0.15) is 44.4 Å². The van der Waals surface area contributed by atoms with Gasteiger partial charge in [0.2, 0.25) is 0 Å². The number of hydrogen-bond acceptors (Lipinski definition) is 5. The second kappa shape index (κ2) is 8.48. The van der Waals surface area contributed by atoms with Gasteiger partial charge in [0.1, 0.15) is 29.2 Å². The lowest BCUT2D eigenvalue weighted by Crippen LogP contribution is -2.47. The van der Waals surface area contributed by atoms with E-state index in [0.29, 0.717) is 30.2 Å². The third-order valence-electron chi connectivity index (χ3n) is 6.34. The summed E-state index contributed by atoms with van der Waals surface area (Å²) in [6.07, 6.45) is 1.05. The van der Waals surface area contributed by atoms with Crippen LogP contribution in [0.3, 0.4) is 0 Å². The van der Waals surface area contributed by atoms with E-state index in [0.717, 1.165) is 11.6 Å². The van der Waals surface area contributed by atoms with Crippen LogP contribution in [0.5, 0.6) is 5.75 Å². The zero-order valence-corrected chi connectivity index (χ0v) is 19.5. The Kier molecular flexibility index (Phi) is 5.57. The van der Waals surface area contributed by atoms with Crippen molar-refractivity contribution in [1.29, 1.82) is 0 Å². The highest BCUT2D eigenvalue weighted by Crippen LogP contribution is 2.40. The van der Waals surface area contributed by atoms with Crippen molar-refractivity contribution in [2.24, 2.45) is 5.10 Å². The summed E-state index contributed by atoms with van der Waals surface area (Å²) in [6.45, 7) is 4.90. The van der Waals surface area contributed by atoms with Gasteiger partial charge >= 0.3 is 0 Å². The van der Waals surface area contributed by atoms with Gasteiger partial charge in [0.05, 0.1) is 30.1 Å². The number of alkyl halides is 1. The number of carbonyl (C=O) groups is 1. The van der Waals surface area contributed by atoms with Gasteiger partial charge in [0.25, 0.3) is 5.91 Å². The van der Waals surface area contributed by atoms with Crippen molar-refractivity contribution in [2.45, 2.75) is 45.1 Å². The summed E-state index contributed by atoms with van der Waals surface area (Å²) in [6, 6.07) is 10.3. The highest BCUT2D eigenvalue weighted by atomic mass is 19.1. The topological polar surface area (TPSA) is 66.0 Å². The Morgan fingerprint density at radius 3 is 2.63 bits per heavy atom. The molecule has 3 aliphatic rings. The number of benzene rings is 2. The number of rotatable bonds is 4. The van der Waals surface area contributed by atoms with Crippen molar-refractivity contribution in [2.75, 3.05) is 6.61 Å². The number of carbonyl (C=O) groups excluding carboxylic acids is 1. The molecule has 0 aliphatic carbocycles. The number of nitrogens with zero attached hydrogens (tertiary/aromatic N) is 2. The van der Waals surface area contributed by atoms with Crippen molar-refractivity contribution in [3.63, 3.8) is 0 Å². The average molecular weight is 483 g/mol. The SMILES string of the molecule is CC1=C(c2cc(F)cc(F)c2)N2N=CC(C(=O)N[C@H]3CCOc4ccccc43)=C(C(C)(C)F)C2N1. The van der Waals surface area contributed by atoms with Gasteiger partial charge in [-0.25, -0.2) is 18.2 Å². The lowest BCUT2D eigenvalue weighted by molar-refractivity contribution is -0.118. The van der Waals surface area contributed by atoms with E-state index in [1.807, 2.05) is 24.3 Å². The van der Waals surface area contributed by atoms with E-state index >= 15 is 4.39 Å². The number of fused-ring (bicyclic) bond motifs is 2.